The van der Waals surface area contributed by atoms with E-state index in [0.29, 0.717) is 0 Å². The fourth-order valence-corrected chi connectivity index (χ4v) is 4.78. The topological polar surface area (TPSA) is 6.48 Å². The number of nitrogens with zero attached hydrogens (tertiary/aromatic N) is 2. The van der Waals surface area contributed by atoms with Crippen molar-refractivity contribution in [2.75, 3.05) is 39.8 Å². The van der Waals surface area contributed by atoms with Gasteiger partial charge in [0.15, 0.2) is 0 Å². The second-order valence-electron chi connectivity index (χ2n) is 6.99. The lowest BCUT2D eigenvalue weighted by Crippen LogP contribution is -2.44. The molecule has 0 bridgehead atoms. The molecule has 2 aromatic carbocycles. The van der Waals surface area contributed by atoms with Gasteiger partial charge >= 0.3 is 0 Å². The Hall–Kier alpha value is -1.55. The number of hydrogen-bond acceptors (Lipinski definition) is 3. The molecule has 2 heterocycles. The highest BCUT2D eigenvalue weighted by Gasteiger charge is 2.18. The Kier molecular flexibility index (Phi) is 5.25. The predicted molar refractivity (Wildman–Crippen MR) is 108 cm³/mol. The molecule has 0 atom stereocenters. The third-order valence-electron chi connectivity index (χ3n) is 5.26. The molecule has 1 fully saturated rings. The smallest absolute Gasteiger partial charge is 0.0238 e. The highest BCUT2D eigenvalue weighted by atomic mass is 32.2. The molecule has 0 aromatic heterocycles. The molecule has 0 saturated carbocycles. The Morgan fingerprint density at radius 1 is 0.920 bits per heavy atom. The largest absolute Gasteiger partial charge is 0.304 e. The minimum Gasteiger partial charge on any atom is -0.304 e. The maximum atomic E-state index is 2.60. The highest BCUT2D eigenvalue weighted by Crippen LogP contribution is 2.40. The van der Waals surface area contributed by atoms with Gasteiger partial charge in [-0.15, -0.1) is 11.8 Å². The second-order valence-corrected chi connectivity index (χ2v) is 8.01. The zero-order chi connectivity index (χ0) is 17.1. The zero-order valence-electron chi connectivity index (χ0n) is 14.9. The molecular formula is C22H26N2S. The Morgan fingerprint density at radius 3 is 2.48 bits per heavy atom. The second kappa shape index (κ2) is 7.77. The lowest BCUT2D eigenvalue weighted by molar-refractivity contribution is 0.156. The summed E-state index contributed by atoms with van der Waals surface area (Å²) in [4.78, 5) is 6.43. The average Bonchev–Trinajstić information content (AvgIpc) is 2.81. The van der Waals surface area contributed by atoms with Crippen LogP contribution in [0.3, 0.4) is 0 Å². The number of rotatable bonds is 3. The summed E-state index contributed by atoms with van der Waals surface area (Å²) in [5.41, 5.74) is 5.69. The van der Waals surface area contributed by atoms with Gasteiger partial charge in [0.25, 0.3) is 0 Å². The summed E-state index contributed by atoms with van der Waals surface area (Å²) in [6.45, 7) is 5.94. The van der Waals surface area contributed by atoms with Crippen molar-refractivity contribution in [1.82, 2.24) is 9.80 Å². The van der Waals surface area contributed by atoms with E-state index in [1.165, 1.54) is 53.3 Å². The Morgan fingerprint density at radius 2 is 1.64 bits per heavy atom. The highest BCUT2D eigenvalue weighted by molar-refractivity contribution is 7.98. The number of fused-ring (bicyclic) bond motifs is 2. The van der Waals surface area contributed by atoms with E-state index in [1.54, 1.807) is 0 Å². The number of piperazine rings is 1. The fourth-order valence-electron chi connectivity index (χ4n) is 3.71. The Labute approximate surface area is 155 Å². The van der Waals surface area contributed by atoms with E-state index in [0.717, 1.165) is 18.7 Å². The van der Waals surface area contributed by atoms with Gasteiger partial charge in [-0.25, -0.2) is 0 Å². The molecule has 2 nitrogen and oxygen atoms in total. The molecule has 4 rings (SSSR count). The fraction of sp³-hybridized carbons (Fsp3) is 0.364. The van der Waals surface area contributed by atoms with Crippen molar-refractivity contribution in [2.24, 2.45) is 0 Å². The van der Waals surface area contributed by atoms with Crippen LogP contribution in [0, 0.1) is 0 Å². The van der Waals surface area contributed by atoms with Crippen LogP contribution in [0.5, 0.6) is 0 Å². The summed E-state index contributed by atoms with van der Waals surface area (Å²) in [5.74, 6) is 1.06. The van der Waals surface area contributed by atoms with Crippen molar-refractivity contribution in [3.8, 4) is 0 Å². The Balaban J connectivity index is 1.59. The van der Waals surface area contributed by atoms with Gasteiger partial charge in [-0.2, -0.15) is 0 Å². The van der Waals surface area contributed by atoms with E-state index in [9.17, 15) is 0 Å². The van der Waals surface area contributed by atoms with Crippen molar-refractivity contribution in [2.45, 2.75) is 17.1 Å². The first-order valence-corrected chi connectivity index (χ1v) is 10.2. The van der Waals surface area contributed by atoms with Crippen LogP contribution in [0.2, 0.25) is 0 Å². The number of benzene rings is 2. The average molecular weight is 351 g/mol. The van der Waals surface area contributed by atoms with Gasteiger partial charge in [0.2, 0.25) is 0 Å². The van der Waals surface area contributed by atoms with Gasteiger partial charge in [-0.1, -0.05) is 48.5 Å². The third-order valence-corrected chi connectivity index (χ3v) is 6.38. The molecule has 1 saturated heterocycles. The molecule has 25 heavy (non-hydrogen) atoms. The number of thioether (sulfide) groups is 1. The first kappa shape index (κ1) is 16.9. The molecule has 0 amide bonds. The number of likely N-dealkylation sites (N-methyl/N-ethyl adjacent to an activating group) is 1. The standard InChI is InChI=1S/C22H26N2S/c1-23-13-15-24(16-14-23)12-6-10-20-19-8-3-2-7-18(19)17-25-22-11-5-4-9-21(20)22/h2-5,7-11H,6,12-17H2,1H3/b20-10+. The van der Waals surface area contributed by atoms with Crippen molar-refractivity contribution in [3.05, 3.63) is 71.3 Å². The summed E-state index contributed by atoms with van der Waals surface area (Å²) in [6, 6.07) is 17.8. The maximum Gasteiger partial charge on any atom is 0.0238 e. The van der Waals surface area contributed by atoms with E-state index in [2.05, 4.69) is 71.5 Å². The lowest BCUT2D eigenvalue weighted by Gasteiger charge is -2.32. The molecule has 2 aliphatic rings. The zero-order valence-corrected chi connectivity index (χ0v) is 15.8. The number of hydrogen-bond donors (Lipinski definition) is 0. The predicted octanol–water partition coefficient (Wildman–Crippen LogP) is 4.36. The van der Waals surface area contributed by atoms with E-state index in [1.807, 2.05) is 11.8 Å². The van der Waals surface area contributed by atoms with Crippen molar-refractivity contribution < 1.29 is 0 Å². The van der Waals surface area contributed by atoms with Gasteiger partial charge in [0.1, 0.15) is 0 Å². The van der Waals surface area contributed by atoms with Gasteiger partial charge in [0, 0.05) is 43.4 Å². The SMILES string of the molecule is CN1CCN(CC/C=C2\c3ccccc3CSc3ccccc32)CC1. The first-order chi connectivity index (χ1) is 12.3. The van der Waals surface area contributed by atoms with Crippen molar-refractivity contribution in [3.63, 3.8) is 0 Å². The van der Waals surface area contributed by atoms with E-state index >= 15 is 0 Å². The summed E-state index contributed by atoms with van der Waals surface area (Å²) in [5, 5.41) is 0. The Bertz CT molecular complexity index is 711. The van der Waals surface area contributed by atoms with E-state index in [4.69, 9.17) is 0 Å². The van der Waals surface area contributed by atoms with Crippen LogP contribution in [0.4, 0.5) is 0 Å². The van der Waals surface area contributed by atoms with Gasteiger partial charge in [-0.05, 0) is 41.8 Å². The maximum absolute atomic E-state index is 2.60. The van der Waals surface area contributed by atoms with Crippen molar-refractivity contribution >= 4 is 17.3 Å². The van der Waals surface area contributed by atoms with E-state index in [-0.39, 0.29) is 0 Å². The molecule has 130 valence electrons. The minimum atomic E-state index is 1.06. The molecule has 3 heteroatoms. The minimum absolute atomic E-state index is 1.06. The monoisotopic (exact) mass is 350 g/mol. The summed E-state index contributed by atoms with van der Waals surface area (Å²) < 4.78 is 0. The third kappa shape index (κ3) is 3.84. The van der Waals surface area contributed by atoms with Crippen LogP contribution in [0.1, 0.15) is 23.1 Å². The van der Waals surface area contributed by atoms with Crippen molar-refractivity contribution in [1.29, 1.82) is 0 Å². The quantitative estimate of drug-likeness (QED) is 0.812. The molecule has 2 aromatic rings. The van der Waals surface area contributed by atoms with Crippen LogP contribution in [-0.4, -0.2) is 49.6 Å². The summed E-state index contributed by atoms with van der Waals surface area (Å²) in [6.07, 6.45) is 3.59. The summed E-state index contributed by atoms with van der Waals surface area (Å²) >= 11 is 1.96. The van der Waals surface area contributed by atoms with Gasteiger partial charge < -0.3 is 9.80 Å². The molecule has 0 N–H and O–H groups in total. The van der Waals surface area contributed by atoms with Gasteiger partial charge in [-0.3, -0.25) is 0 Å². The van der Waals surface area contributed by atoms with Gasteiger partial charge in [0.05, 0.1) is 0 Å². The van der Waals surface area contributed by atoms with Crippen LogP contribution >= 0.6 is 11.8 Å². The van der Waals surface area contributed by atoms with Crippen LogP contribution < -0.4 is 0 Å². The molecule has 0 radical (unpaired) electrons. The lowest BCUT2D eigenvalue weighted by atomic mass is 9.93. The molecular weight excluding hydrogens is 324 g/mol. The normalized spacial score (nSPS) is 20.1. The van der Waals surface area contributed by atoms with Crippen LogP contribution in [-0.2, 0) is 5.75 Å². The molecule has 0 unspecified atom stereocenters. The first-order valence-electron chi connectivity index (χ1n) is 9.23. The molecule has 0 spiro atoms. The van der Waals surface area contributed by atoms with Crippen LogP contribution in [0.15, 0.2) is 59.5 Å². The van der Waals surface area contributed by atoms with E-state index < -0.39 is 0 Å². The van der Waals surface area contributed by atoms with Crippen LogP contribution in [0.25, 0.3) is 5.57 Å². The molecule has 2 aliphatic heterocycles. The summed E-state index contributed by atoms with van der Waals surface area (Å²) in [7, 11) is 2.22. The molecule has 0 aliphatic carbocycles.